The maximum atomic E-state index is 12.7. The first-order valence-electron chi connectivity index (χ1n) is 8.98. The number of hydrogen-bond donors (Lipinski definition) is 0. The number of hydrogen-bond acceptors (Lipinski definition) is 3. The fourth-order valence-electron chi connectivity index (χ4n) is 3.36. The molecule has 2 heterocycles. The van der Waals surface area contributed by atoms with Crippen molar-refractivity contribution in [1.82, 2.24) is 14.9 Å². The molecule has 0 saturated carbocycles. The van der Waals surface area contributed by atoms with Crippen molar-refractivity contribution in [3.8, 4) is 11.4 Å². The van der Waals surface area contributed by atoms with E-state index in [4.69, 9.17) is 23.2 Å². The molecule has 0 fully saturated rings. The van der Waals surface area contributed by atoms with Gasteiger partial charge in [0.15, 0.2) is 5.82 Å². The molecule has 0 saturated heterocycles. The van der Waals surface area contributed by atoms with Gasteiger partial charge >= 0.3 is 6.18 Å². The summed E-state index contributed by atoms with van der Waals surface area (Å²) in [6.07, 6.45) is -1.88. The zero-order chi connectivity index (χ0) is 20.6. The third kappa shape index (κ3) is 4.55. The number of benzene rings is 2. The molecule has 150 valence electrons. The molecule has 0 aliphatic carbocycles. The lowest BCUT2D eigenvalue weighted by Gasteiger charge is -2.28. The number of nitrogens with zero attached hydrogens (tertiary/aromatic N) is 3. The minimum atomic E-state index is -4.36. The van der Waals surface area contributed by atoms with E-state index in [1.807, 2.05) is 6.07 Å². The van der Waals surface area contributed by atoms with E-state index in [1.165, 1.54) is 12.1 Å². The van der Waals surface area contributed by atoms with Gasteiger partial charge in [0, 0.05) is 53.4 Å². The SMILES string of the molecule is FC(F)(F)c1ccc(-c2ncc3c(n2)CCN(Cc2cc(Cl)ccc2Cl)C3)cc1. The largest absolute Gasteiger partial charge is 0.416 e. The third-order valence-electron chi connectivity index (χ3n) is 4.89. The smallest absolute Gasteiger partial charge is 0.294 e. The molecule has 29 heavy (non-hydrogen) atoms. The molecule has 1 aliphatic heterocycles. The maximum Gasteiger partial charge on any atom is 0.416 e. The summed E-state index contributed by atoms with van der Waals surface area (Å²) in [5, 5.41) is 1.32. The van der Waals surface area contributed by atoms with Crippen LogP contribution in [-0.2, 0) is 25.7 Å². The number of aromatic nitrogens is 2. The predicted octanol–water partition coefficient (Wildman–Crippen LogP) is 6.03. The van der Waals surface area contributed by atoms with E-state index in [2.05, 4.69) is 14.9 Å². The summed E-state index contributed by atoms with van der Waals surface area (Å²) in [4.78, 5) is 11.2. The topological polar surface area (TPSA) is 29.0 Å². The Bertz CT molecular complexity index is 1040. The van der Waals surface area contributed by atoms with Crippen LogP contribution in [0.4, 0.5) is 13.2 Å². The average molecular weight is 438 g/mol. The molecule has 0 bridgehead atoms. The van der Waals surface area contributed by atoms with Gasteiger partial charge in [-0.05, 0) is 35.9 Å². The van der Waals surface area contributed by atoms with Gasteiger partial charge in [-0.1, -0.05) is 35.3 Å². The summed E-state index contributed by atoms with van der Waals surface area (Å²) >= 11 is 12.3. The van der Waals surface area contributed by atoms with Gasteiger partial charge in [-0.15, -0.1) is 0 Å². The van der Waals surface area contributed by atoms with Gasteiger partial charge in [0.05, 0.1) is 11.3 Å². The van der Waals surface area contributed by atoms with Crippen molar-refractivity contribution in [2.75, 3.05) is 6.54 Å². The minimum absolute atomic E-state index is 0.434. The highest BCUT2D eigenvalue weighted by atomic mass is 35.5. The lowest BCUT2D eigenvalue weighted by Crippen LogP contribution is -2.31. The summed E-state index contributed by atoms with van der Waals surface area (Å²) in [5.74, 6) is 0.434. The van der Waals surface area contributed by atoms with Crippen molar-refractivity contribution in [2.45, 2.75) is 25.7 Å². The van der Waals surface area contributed by atoms with Crippen LogP contribution < -0.4 is 0 Å². The molecule has 0 amide bonds. The minimum Gasteiger partial charge on any atom is -0.294 e. The Balaban J connectivity index is 1.50. The van der Waals surface area contributed by atoms with Crippen LogP contribution in [0.25, 0.3) is 11.4 Å². The Kier molecular flexibility index (Phi) is 5.51. The summed E-state index contributed by atoms with van der Waals surface area (Å²) in [6, 6.07) is 10.3. The van der Waals surface area contributed by atoms with Crippen LogP contribution in [0, 0.1) is 0 Å². The van der Waals surface area contributed by atoms with Gasteiger partial charge in [0.1, 0.15) is 0 Å². The number of alkyl halides is 3. The van der Waals surface area contributed by atoms with Gasteiger partial charge < -0.3 is 0 Å². The molecular weight excluding hydrogens is 422 g/mol. The normalized spacial score (nSPS) is 14.7. The van der Waals surface area contributed by atoms with Crippen LogP contribution in [0.15, 0.2) is 48.7 Å². The van der Waals surface area contributed by atoms with E-state index in [-0.39, 0.29) is 0 Å². The van der Waals surface area contributed by atoms with Crippen molar-refractivity contribution < 1.29 is 13.2 Å². The third-order valence-corrected chi connectivity index (χ3v) is 5.49. The molecule has 3 nitrogen and oxygen atoms in total. The molecule has 3 aromatic rings. The van der Waals surface area contributed by atoms with Crippen LogP contribution in [0.1, 0.15) is 22.4 Å². The van der Waals surface area contributed by atoms with Crippen molar-refractivity contribution >= 4 is 23.2 Å². The molecule has 0 N–H and O–H groups in total. The van der Waals surface area contributed by atoms with Crippen molar-refractivity contribution in [2.24, 2.45) is 0 Å². The number of fused-ring (bicyclic) bond motifs is 1. The van der Waals surface area contributed by atoms with Crippen molar-refractivity contribution in [3.05, 3.63) is 81.1 Å². The molecule has 0 spiro atoms. The zero-order valence-electron chi connectivity index (χ0n) is 15.2. The summed E-state index contributed by atoms with van der Waals surface area (Å²) in [6.45, 7) is 2.13. The predicted molar refractivity (Wildman–Crippen MR) is 107 cm³/mol. The molecular formula is C21H16Cl2F3N3. The monoisotopic (exact) mass is 437 g/mol. The second-order valence-electron chi connectivity index (χ2n) is 6.94. The first-order chi connectivity index (χ1) is 13.8. The van der Waals surface area contributed by atoms with Gasteiger partial charge in [0.25, 0.3) is 0 Å². The Hall–Kier alpha value is -2.15. The van der Waals surface area contributed by atoms with E-state index in [1.54, 1.807) is 18.3 Å². The summed E-state index contributed by atoms with van der Waals surface area (Å²) in [7, 11) is 0. The zero-order valence-corrected chi connectivity index (χ0v) is 16.7. The first kappa shape index (κ1) is 20.1. The van der Waals surface area contributed by atoms with Crippen LogP contribution in [0.3, 0.4) is 0 Å². The second-order valence-corrected chi connectivity index (χ2v) is 7.78. The molecule has 0 radical (unpaired) electrons. The van der Waals surface area contributed by atoms with Gasteiger partial charge in [-0.3, -0.25) is 4.90 Å². The van der Waals surface area contributed by atoms with Crippen LogP contribution in [-0.4, -0.2) is 21.4 Å². The standard InChI is InChI=1S/C21H16Cl2F3N3/c22-17-5-6-18(23)14(9-17)11-29-8-7-19-15(12-29)10-27-20(28-19)13-1-3-16(4-2-13)21(24,25)26/h1-6,9-10H,7-8,11-12H2. The maximum absolute atomic E-state index is 12.7. The molecule has 2 aromatic carbocycles. The summed E-state index contributed by atoms with van der Waals surface area (Å²) in [5.41, 5.74) is 2.77. The van der Waals surface area contributed by atoms with Crippen LogP contribution in [0.5, 0.6) is 0 Å². The van der Waals surface area contributed by atoms with Crippen molar-refractivity contribution in [3.63, 3.8) is 0 Å². The van der Waals surface area contributed by atoms with Gasteiger partial charge in [-0.2, -0.15) is 13.2 Å². The highest BCUT2D eigenvalue weighted by molar-refractivity contribution is 6.33. The van der Waals surface area contributed by atoms with Crippen LogP contribution in [0.2, 0.25) is 10.0 Å². The Labute approximate surface area is 176 Å². The van der Waals surface area contributed by atoms with E-state index >= 15 is 0 Å². The van der Waals surface area contributed by atoms with Gasteiger partial charge in [0.2, 0.25) is 0 Å². The van der Waals surface area contributed by atoms with E-state index in [0.717, 1.165) is 41.9 Å². The number of halogens is 5. The van der Waals surface area contributed by atoms with E-state index in [0.29, 0.717) is 34.5 Å². The van der Waals surface area contributed by atoms with Gasteiger partial charge in [-0.25, -0.2) is 9.97 Å². The lowest BCUT2D eigenvalue weighted by molar-refractivity contribution is -0.137. The molecule has 1 aliphatic rings. The fraction of sp³-hybridized carbons (Fsp3) is 0.238. The molecule has 1 aromatic heterocycles. The highest BCUT2D eigenvalue weighted by Gasteiger charge is 2.30. The molecule has 8 heteroatoms. The van der Waals surface area contributed by atoms with Crippen molar-refractivity contribution in [1.29, 1.82) is 0 Å². The van der Waals surface area contributed by atoms with E-state index < -0.39 is 11.7 Å². The second kappa shape index (κ2) is 7.94. The lowest BCUT2D eigenvalue weighted by atomic mass is 10.1. The number of rotatable bonds is 3. The Morgan fingerprint density at radius 3 is 2.52 bits per heavy atom. The van der Waals surface area contributed by atoms with E-state index in [9.17, 15) is 13.2 Å². The quantitative estimate of drug-likeness (QED) is 0.500. The van der Waals surface area contributed by atoms with Crippen LogP contribution >= 0.6 is 23.2 Å². The first-order valence-corrected chi connectivity index (χ1v) is 9.74. The Morgan fingerprint density at radius 2 is 1.79 bits per heavy atom. The fourth-order valence-corrected chi connectivity index (χ4v) is 3.73. The average Bonchev–Trinajstić information content (AvgIpc) is 2.70. The molecule has 0 unspecified atom stereocenters. The highest BCUT2D eigenvalue weighted by Crippen LogP contribution is 2.31. The summed E-state index contributed by atoms with van der Waals surface area (Å²) < 4.78 is 38.2. The Morgan fingerprint density at radius 1 is 1.03 bits per heavy atom. The molecule has 0 atom stereocenters. The molecule has 4 rings (SSSR count).